The summed E-state index contributed by atoms with van der Waals surface area (Å²) in [6.07, 6.45) is 3.28. The van der Waals surface area contributed by atoms with Gasteiger partial charge in [-0.3, -0.25) is 4.79 Å². The molecule has 0 aliphatic carbocycles. The number of halogens is 1. The zero-order valence-corrected chi connectivity index (χ0v) is 19.3. The molecule has 0 saturated carbocycles. The van der Waals surface area contributed by atoms with Crippen LogP contribution in [0, 0.1) is 6.92 Å². The van der Waals surface area contributed by atoms with Gasteiger partial charge in [0.2, 0.25) is 0 Å². The van der Waals surface area contributed by atoms with Crippen molar-refractivity contribution in [2.24, 2.45) is 5.73 Å². The molecule has 0 aliphatic rings. The Balaban J connectivity index is 1.57. The Morgan fingerprint density at radius 3 is 2.70 bits per heavy atom. The van der Waals surface area contributed by atoms with Crippen LogP contribution in [0.1, 0.15) is 21.6 Å². The first-order chi connectivity index (χ1) is 16.0. The fraction of sp³-hybridized carbons (Fsp3) is 0.0833. The molecule has 0 spiro atoms. The van der Waals surface area contributed by atoms with E-state index in [1.807, 2.05) is 55.5 Å². The van der Waals surface area contributed by atoms with Crippen molar-refractivity contribution in [3.8, 4) is 17.1 Å². The summed E-state index contributed by atoms with van der Waals surface area (Å²) in [5.41, 5.74) is 10.2. The smallest absolute Gasteiger partial charge is 0.252 e. The molecule has 0 fully saturated rings. The normalized spacial score (nSPS) is 11.1. The van der Waals surface area contributed by atoms with E-state index in [4.69, 9.17) is 10.8 Å². The Morgan fingerprint density at radius 1 is 1.12 bits per heavy atom. The van der Waals surface area contributed by atoms with Gasteiger partial charge in [0.1, 0.15) is 5.82 Å². The third-order valence-corrected chi connectivity index (χ3v) is 5.80. The summed E-state index contributed by atoms with van der Waals surface area (Å²) < 4.78 is 4.46. The van der Waals surface area contributed by atoms with Gasteiger partial charge in [-0.1, -0.05) is 34.1 Å². The van der Waals surface area contributed by atoms with Gasteiger partial charge in [0, 0.05) is 34.5 Å². The van der Waals surface area contributed by atoms with Gasteiger partial charge in [-0.25, -0.2) is 14.2 Å². The topological polar surface area (TPSA) is 103 Å². The van der Waals surface area contributed by atoms with Crippen LogP contribution in [0.3, 0.4) is 0 Å². The lowest BCUT2D eigenvalue weighted by Crippen LogP contribution is -2.10. The van der Waals surface area contributed by atoms with Gasteiger partial charge in [0.15, 0.2) is 5.82 Å². The Hall–Kier alpha value is -3.98. The van der Waals surface area contributed by atoms with Gasteiger partial charge in [0.25, 0.3) is 5.91 Å². The molecule has 5 rings (SSSR count). The molecular weight excluding hydrogens is 482 g/mol. The molecule has 1 amide bonds. The van der Waals surface area contributed by atoms with Crippen molar-refractivity contribution in [1.82, 2.24) is 24.4 Å². The van der Waals surface area contributed by atoms with Crippen molar-refractivity contribution in [2.75, 3.05) is 5.32 Å². The fourth-order valence-corrected chi connectivity index (χ4v) is 3.88. The Kier molecular flexibility index (Phi) is 5.39. The van der Waals surface area contributed by atoms with Gasteiger partial charge in [0.05, 0.1) is 23.0 Å². The molecule has 5 aromatic rings. The summed E-state index contributed by atoms with van der Waals surface area (Å²) >= 11 is 3.46. The van der Waals surface area contributed by atoms with Crippen LogP contribution in [0.4, 0.5) is 5.82 Å². The highest BCUT2D eigenvalue weighted by Crippen LogP contribution is 2.28. The third-order valence-electron chi connectivity index (χ3n) is 5.27. The number of amides is 1. The third kappa shape index (κ3) is 4.22. The number of rotatable bonds is 6. The highest BCUT2D eigenvalue weighted by Gasteiger charge is 2.16. The second-order valence-corrected chi connectivity index (χ2v) is 8.53. The lowest BCUT2D eigenvalue weighted by atomic mass is 10.1. The van der Waals surface area contributed by atoms with E-state index in [1.54, 1.807) is 15.4 Å². The van der Waals surface area contributed by atoms with E-state index in [0.29, 0.717) is 29.3 Å². The minimum absolute atomic E-state index is 0.366. The molecule has 0 atom stereocenters. The van der Waals surface area contributed by atoms with E-state index in [2.05, 4.69) is 43.5 Å². The molecule has 1 aromatic carbocycles. The Bertz CT molecular complexity index is 1470. The number of hydrogen-bond donors (Lipinski definition) is 2. The number of nitrogens with two attached hydrogens (primary N) is 1. The number of nitrogens with zero attached hydrogens (tertiary/aromatic N) is 5. The molecule has 3 N–H and O–H groups in total. The number of aryl methyl sites for hydroxylation is 1. The number of carbonyl (C=O) groups excluding carboxylic acids is 1. The van der Waals surface area contributed by atoms with E-state index >= 15 is 0 Å². The summed E-state index contributed by atoms with van der Waals surface area (Å²) in [4.78, 5) is 16.5. The van der Waals surface area contributed by atoms with Crippen LogP contribution in [-0.4, -0.2) is 30.3 Å². The standard InChI is InChI=1S/C24H20BrN7O/c1-15-3-2-4-23(29-15)32-20(12-22(30-32)27-13-16-5-7-18(25)8-6-16)17-9-10-31-21(11-17)19(14-28-31)24(26)33/h2-12,14H,13H2,1H3,(H2,26,33)(H,27,30). The summed E-state index contributed by atoms with van der Waals surface area (Å²) in [7, 11) is 0. The van der Waals surface area contributed by atoms with Crippen molar-refractivity contribution in [3.05, 3.63) is 94.4 Å². The van der Waals surface area contributed by atoms with Crippen molar-refractivity contribution >= 4 is 33.2 Å². The molecule has 8 nitrogen and oxygen atoms in total. The zero-order chi connectivity index (χ0) is 22.9. The van der Waals surface area contributed by atoms with Crippen molar-refractivity contribution in [3.63, 3.8) is 0 Å². The molecule has 4 heterocycles. The Morgan fingerprint density at radius 2 is 1.94 bits per heavy atom. The maximum Gasteiger partial charge on any atom is 0.252 e. The number of hydrogen-bond acceptors (Lipinski definition) is 5. The maximum atomic E-state index is 11.8. The molecule has 0 radical (unpaired) electrons. The highest BCUT2D eigenvalue weighted by molar-refractivity contribution is 9.10. The summed E-state index contributed by atoms with van der Waals surface area (Å²) in [6.45, 7) is 2.56. The molecule has 33 heavy (non-hydrogen) atoms. The number of aromatic nitrogens is 5. The number of primary amides is 1. The Labute approximate surface area is 198 Å². The maximum absolute atomic E-state index is 11.8. The predicted molar refractivity (Wildman–Crippen MR) is 130 cm³/mol. The molecule has 164 valence electrons. The first-order valence-electron chi connectivity index (χ1n) is 10.3. The van der Waals surface area contributed by atoms with Crippen LogP contribution >= 0.6 is 15.9 Å². The summed E-state index contributed by atoms with van der Waals surface area (Å²) in [5.74, 6) is 0.887. The molecule has 0 aliphatic heterocycles. The first kappa shape index (κ1) is 20.9. The number of carbonyl (C=O) groups is 1. The van der Waals surface area contributed by atoms with E-state index in [0.717, 1.165) is 27.0 Å². The highest BCUT2D eigenvalue weighted by atomic mass is 79.9. The largest absolute Gasteiger partial charge is 0.365 e. The number of fused-ring (bicyclic) bond motifs is 1. The average Bonchev–Trinajstić information content (AvgIpc) is 3.43. The van der Waals surface area contributed by atoms with Gasteiger partial charge < -0.3 is 11.1 Å². The van der Waals surface area contributed by atoms with E-state index < -0.39 is 5.91 Å². The fourth-order valence-electron chi connectivity index (χ4n) is 3.62. The van der Waals surface area contributed by atoms with Crippen LogP contribution in [0.25, 0.3) is 22.6 Å². The van der Waals surface area contributed by atoms with E-state index in [-0.39, 0.29) is 0 Å². The van der Waals surface area contributed by atoms with Crippen LogP contribution in [0.15, 0.2) is 77.5 Å². The van der Waals surface area contributed by atoms with Gasteiger partial charge in [-0.2, -0.15) is 5.10 Å². The monoisotopic (exact) mass is 501 g/mol. The molecule has 4 aromatic heterocycles. The molecule has 0 bridgehead atoms. The van der Waals surface area contributed by atoms with Gasteiger partial charge >= 0.3 is 0 Å². The number of anilines is 1. The summed E-state index contributed by atoms with van der Waals surface area (Å²) in [5, 5.41) is 12.4. The predicted octanol–water partition coefficient (Wildman–Crippen LogP) is 4.36. The average molecular weight is 502 g/mol. The zero-order valence-electron chi connectivity index (χ0n) is 17.7. The van der Waals surface area contributed by atoms with Gasteiger partial charge in [-0.15, -0.1) is 5.10 Å². The second kappa shape index (κ2) is 8.51. The van der Waals surface area contributed by atoms with Gasteiger partial charge in [-0.05, 0) is 48.9 Å². The molecule has 0 unspecified atom stereocenters. The number of benzene rings is 1. The lowest BCUT2D eigenvalue weighted by Gasteiger charge is -2.08. The van der Waals surface area contributed by atoms with E-state index in [1.165, 1.54) is 6.20 Å². The van der Waals surface area contributed by atoms with Crippen molar-refractivity contribution in [2.45, 2.75) is 13.5 Å². The minimum atomic E-state index is -0.520. The second-order valence-electron chi connectivity index (χ2n) is 7.61. The van der Waals surface area contributed by atoms with Crippen LogP contribution < -0.4 is 11.1 Å². The first-order valence-corrected chi connectivity index (χ1v) is 11.1. The minimum Gasteiger partial charge on any atom is -0.365 e. The van der Waals surface area contributed by atoms with Crippen LogP contribution in [0.2, 0.25) is 0 Å². The molecule has 0 saturated heterocycles. The SMILES string of the molecule is Cc1cccc(-n2nc(NCc3ccc(Br)cc3)cc2-c2ccn3ncc(C(N)=O)c3c2)n1. The van der Waals surface area contributed by atoms with Crippen molar-refractivity contribution in [1.29, 1.82) is 0 Å². The lowest BCUT2D eigenvalue weighted by molar-refractivity contribution is 0.100. The molecule has 9 heteroatoms. The number of nitrogens with one attached hydrogen (secondary N) is 1. The number of pyridine rings is 2. The quantitative estimate of drug-likeness (QED) is 0.359. The van der Waals surface area contributed by atoms with Crippen molar-refractivity contribution < 1.29 is 4.79 Å². The summed E-state index contributed by atoms with van der Waals surface area (Å²) in [6, 6.07) is 19.7. The van der Waals surface area contributed by atoms with Crippen LogP contribution in [0.5, 0.6) is 0 Å². The molecular formula is C24H20BrN7O. The van der Waals surface area contributed by atoms with E-state index in [9.17, 15) is 4.79 Å². The van der Waals surface area contributed by atoms with Crippen LogP contribution in [-0.2, 0) is 6.54 Å².